The van der Waals surface area contributed by atoms with E-state index in [4.69, 9.17) is 9.47 Å². The number of amides is 1. The lowest BCUT2D eigenvalue weighted by Crippen LogP contribution is -3.09. The van der Waals surface area contributed by atoms with Crippen molar-refractivity contribution < 1.29 is 19.2 Å². The van der Waals surface area contributed by atoms with Gasteiger partial charge in [0.25, 0.3) is 11.5 Å². The van der Waals surface area contributed by atoms with Crippen LogP contribution in [0.5, 0.6) is 11.5 Å². The van der Waals surface area contributed by atoms with Crippen LogP contribution < -0.4 is 25.2 Å². The number of ether oxygens (including phenoxy) is 2. The molecule has 3 N–H and O–H groups in total. The summed E-state index contributed by atoms with van der Waals surface area (Å²) in [6, 6.07) is 12.7. The quantitative estimate of drug-likeness (QED) is 0.554. The van der Waals surface area contributed by atoms with Crippen LogP contribution in [0.2, 0.25) is 0 Å². The summed E-state index contributed by atoms with van der Waals surface area (Å²) in [7, 11) is 1.89. The Labute approximate surface area is 173 Å². The number of carbonyl (C=O) groups is 1. The first kappa shape index (κ1) is 19.9. The summed E-state index contributed by atoms with van der Waals surface area (Å²) in [4.78, 5) is 32.9. The van der Waals surface area contributed by atoms with Crippen molar-refractivity contribution in [1.82, 2.24) is 15.3 Å². The van der Waals surface area contributed by atoms with Gasteiger partial charge < -0.3 is 24.7 Å². The van der Waals surface area contributed by atoms with Crippen LogP contribution in [0.15, 0.2) is 47.3 Å². The fraction of sp³-hybridized carbons (Fsp3) is 0.318. The topological polar surface area (TPSA) is 97.8 Å². The molecule has 8 heteroatoms. The molecule has 3 aromatic rings. The Bertz CT molecular complexity index is 1130. The Morgan fingerprint density at radius 3 is 2.80 bits per heavy atom. The number of quaternary nitrogens is 1. The third-order valence-electron chi connectivity index (χ3n) is 5.04. The number of benzene rings is 2. The number of nitrogens with one attached hydrogen (secondary N) is 3. The van der Waals surface area contributed by atoms with Crippen LogP contribution in [0.4, 0.5) is 0 Å². The van der Waals surface area contributed by atoms with Gasteiger partial charge in [-0.1, -0.05) is 18.2 Å². The molecule has 1 amide bonds. The maximum Gasteiger partial charge on any atom is 0.275 e. The minimum absolute atomic E-state index is 0.0852. The molecule has 0 saturated carbocycles. The molecule has 1 unspecified atom stereocenters. The average molecular weight is 409 g/mol. The molecule has 2 heterocycles. The molecular formula is C22H25N4O4+. The number of aromatic amines is 1. The zero-order valence-corrected chi connectivity index (χ0v) is 17.0. The third kappa shape index (κ3) is 4.44. The number of hydrogen-bond acceptors (Lipinski definition) is 5. The van der Waals surface area contributed by atoms with Crippen molar-refractivity contribution >= 4 is 16.8 Å². The molecule has 2 atom stereocenters. The number of rotatable bonds is 6. The Balaban J connectivity index is 1.36. The summed E-state index contributed by atoms with van der Waals surface area (Å²) in [6.07, 6.45) is 0. The lowest BCUT2D eigenvalue weighted by atomic mass is 10.1. The van der Waals surface area contributed by atoms with E-state index in [2.05, 4.69) is 15.3 Å². The van der Waals surface area contributed by atoms with Crippen molar-refractivity contribution in [2.75, 3.05) is 26.8 Å². The highest BCUT2D eigenvalue weighted by molar-refractivity contribution is 5.77. The van der Waals surface area contributed by atoms with Gasteiger partial charge in [-0.05, 0) is 36.8 Å². The van der Waals surface area contributed by atoms with Gasteiger partial charge in [0.15, 0.2) is 23.9 Å². The second kappa shape index (κ2) is 8.54. The van der Waals surface area contributed by atoms with E-state index >= 15 is 0 Å². The number of hydrogen-bond donors (Lipinski definition) is 3. The van der Waals surface area contributed by atoms with Gasteiger partial charge in [-0.3, -0.25) is 9.59 Å². The maximum atomic E-state index is 12.5. The number of nitrogens with zero attached hydrogens (tertiary/aromatic N) is 1. The normalized spacial score (nSPS) is 14.9. The zero-order valence-electron chi connectivity index (χ0n) is 17.0. The van der Waals surface area contributed by atoms with Crippen LogP contribution in [0.25, 0.3) is 10.9 Å². The number of H-pyrrole nitrogens is 1. The number of likely N-dealkylation sites (N-methyl/N-ethyl adjacent to an activating group) is 1. The SMILES string of the molecule is C[C@@H](NC(=O)C[NH+](C)Cc1nc2ccccc2c(=O)[nH]1)c1ccc2c(c1)OCCO2. The van der Waals surface area contributed by atoms with Crippen molar-refractivity contribution in [3.05, 3.63) is 64.2 Å². The second-order valence-electron chi connectivity index (χ2n) is 7.53. The first-order valence-corrected chi connectivity index (χ1v) is 9.98. The minimum Gasteiger partial charge on any atom is -0.486 e. The first-order chi connectivity index (χ1) is 14.5. The van der Waals surface area contributed by atoms with Crippen molar-refractivity contribution in [1.29, 1.82) is 0 Å². The van der Waals surface area contributed by atoms with Crippen molar-refractivity contribution in [2.24, 2.45) is 0 Å². The lowest BCUT2D eigenvalue weighted by Gasteiger charge is -2.21. The highest BCUT2D eigenvalue weighted by atomic mass is 16.6. The van der Waals surface area contributed by atoms with Gasteiger partial charge >= 0.3 is 0 Å². The van der Waals surface area contributed by atoms with E-state index in [-0.39, 0.29) is 24.1 Å². The molecule has 0 fully saturated rings. The highest BCUT2D eigenvalue weighted by Gasteiger charge is 2.18. The smallest absolute Gasteiger partial charge is 0.275 e. The summed E-state index contributed by atoms with van der Waals surface area (Å²) in [5, 5.41) is 3.57. The molecule has 156 valence electrons. The summed E-state index contributed by atoms with van der Waals surface area (Å²) in [5.41, 5.74) is 1.44. The van der Waals surface area contributed by atoms with Gasteiger partial charge in [0.05, 0.1) is 24.0 Å². The molecule has 30 heavy (non-hydrogen) atoms. The second-order valence-corrected chi connectivity index (χ2v) is 7.53. The predicted octanol–water partition coefficient (Wildman–Crippen LogP) is 0.586. The molecule has 1 aromatic heterocycles. The van der Waals surface area contributed by atoms with Gasteiger partial charge in [0.1, 0.15) is 19.8 Å². The lowest BCUT2D eigenvalue weighted by molar-refractivity contribution is -0.886. The molecular weight excluding hydrogens is 384 g/mol. The van der Waals surface area contributed by atoms with E-state index in [9.17, 15) is 9.59 Å². The van der Waals surface area contributed by atoms with Crippen LogP contribution in [0, 0.1) is 0 Å². The van der Waals surface area contributed by atoms with Crippen molar-refractivity contribution in [3.8, 4) is 11.5 Å². The summed E-state index contributed by atoms with van der Waals surface area (Å²) in [6.45, 7) is 3.69. The number of aromatic nitrogens is 2. The van der Waals surface area contributed by atoms with Crippen LogP contribution in [-0.2, 0) is 11.3 Å². The first-order valence-electron chi connectivity index (χ1n) is 9.98. The predicted molar refractivity (Wildman–Crippen MR) is 112 cm³/mol. The average Bonchev–Trinajstić information content (AvgIpc) is 2.73. The van der Waals surface area contributed by atoms with E-state index in [0.717, 1.165) is 16.2 Å². The molecule has 0 radical (unpaired) electrons. The van der Waals surface area contributed by atoms with Gasteiger partial charge in [0, 0.05) is 0 Å². The molecule has 4 rings (SSSR count). The minimum atomic E-state index is -0.167. The molecule has 0 saturated heterocycles. The largest absolute Gasteiger partial charge is 0.486 e. The van der Waals surface area contributed by atoms with Crippen LogP contribution in [0.3, 0.4) is 0 Å². The van der Waals surface area contributed by atoms with Crippen molar-refractivity contribution in [3.63, 3.8) is 0 Å². The van der Waals surface area contributed by atoms with Crippen LogP contribution in [0.1, 0.15) is 24.4 Å². The molecule has 0 bridgehead atoms. The van der Waals surface area contributed by atoms with E-state index in [1.54, 1.807) is 6.07 Å². The number of carbonyl (C=O) groups excluding carboxylic acids is 1. The molecule has 0 spiro atoms. The molecule has 2 aromatic carbocycles. The summed E-state index contributed by atoms with van der Waals surface area (Å²) < 4.78 is 11.1. The van der Waals surface area contributed by atoms with Gasteiger partial charge in [-0.15, -0.1) is 0 Å². The summed E-state index contributed by atoms with van der Waals surface area (Å²) >= 11 is 0. The van der Waals surface area contributed by atoms with Gasteiger partial charge in [0.2, 0.25) is 0 Å². The van der Waals surface area contributed by atoms with E-state index in [1.807, 2.05) is 50.4 Å². The Morgan fingerprint density at radius 2 is 1.97 bits per heavy atom. The maximum absolute atomic E-state index is 12.5. The monoisotopic (exact) mass is 409 g/mol. The Morgan fingerprint density at radius 1 is 1.20 bits per heavy atom. The Hall–Kier alpha value is -3.39. The van der Waals surface area contributed by atoms with Crippen LogP contribution >= 0.6 is 0 Å². The van der Waals surface area contributed by atoms with Crippen LogP contribution in [-0.4, -0.2) is 42.7 Å². The fourth-order valence-electron chi connectivity index (χ4n) is 3.55. The highest BCUT2D eigenvalue weighted by Crippen LogP contribution is 2.32. The van der Waals surface area contributed by atoms with E-state index in [0.29, 0.717) is 42.2 Å². The van der Waals surface area contributed by atoms with E-state index in [1.165, 1.54) is 0 Å². The van der Waals surface area contributed by atoms with Crippen molar-refractivity contribution in [2.45, 2.75) is 19.5 Å². The standard InChI is InChI=1S/C22H24N4O4/c1-14(15-7-8-18-19(11-15)30-10-9-29-18)23-21(27)13-26(2)12-20-24-17-6-4-3-5-16(17)22(28)25-20/h3-8,11,14H,9-10,12-13H2,1-2H3,(H,23,27)(H,24,25,28)/p+1/t14-/m1/s1. The number of fused-ring (bicyclic) bond motifs is 2. The molecule has 8 nitrogen and oxygen atoms in total. The zero-order chi connectivity index (χ0) is 21.1. The molecule has 1 aliphatic heterocycles. The summed E-state index contributed by atoms with van der Waals surface area (Å²) in [5.74, 6) is 1.90. The van der Waals surface area contributed by atoms with E-state index < -0.39 is 0 Å². The fourth-order valence-corrected chi connectivity index (χ4v) is 3.55. The molecule has 1 aliphatic rings. The number of para-hydroxylation sites is 1. The molecule has 0 aliphatic carbocycles. The third-order valence-corrected chi connectivity index (χ3v) is 5.04. The van der Waals surface area contributed by atoms with Gasteiger partial charge in [-0.2, -0.15) is 0 Å². The Kier molecular flexibility index (Phi) is 5.67. The van der Waals surface area contributed by atoms with Gasteiger partial charge in [-0.25, -0.2) is 4.98 Å².